The van der Waals surface area contributed by atoms with Gasteiger partial charge >= 0.3 is 0 Å². The van der Waals surface area contributed by atoms with E-state index in [1.54, 1.807) is 0 Å². The predicted molar refractivity (Wildman–Crippen MR) is 77.4 cm³/mol. The third-order valence-corrected chi connectivity index (χ3v) is 3.92. The third kappa shape index (κ3) is 3.81. The van der Waals surface area contributed by atoms with Crippen LogP contribution in [0.1, 0.15) is 30.9 Å². The summed E-state index contributed by atoms with van der Waals surface area (Å²) in [5.74, 6) is 0.190. The van der Waals surface area contributed by atoms with Gasteiger partial charge in [0.05, 0.1) is 12.7 Å². The number of carbonyl (C=O) groups is 1. The number of amides is 1. The molecule has 1 saturated carbocycles. The second-order valence-corrected chi connectivity index (χ2v) is 5.66. The largest absolute Gasteiger partial charge is 0.371 e. The number of benzene rings is 1. The number of nitrogens with one attached hydrogen (secondary N) is 1. The lowest BCUT2D eigenvalue weighted by Gasteiger charge is -2.33. The van der Waals surface area contributed by atoms with Gasteiger partial charge in [0.15, 0.2) is 0 Å². The number of hydrogen-bond acceptors (Lipinski definition) is 3. The SMILES string of the molecule is O=C(CCN1CCO[C@H](c2ccccc2)C1)NC1CC1. The van der Waals surface area contributed by atoms with Crippen LogP contribution in [0.4, 0.5) is 0 Å². The first-order chi connectivity index (χ1) is 9.81. The first-order valence-corrected chi connectivity index (χ1v) is 7.49. The minimum Gasteiger partial charge on any atom is -0.371 e. The quantitative estimate of drug-likeness (QED) is 0.889. The zero-order valence-corrected chi connectivity index (χ0v) is 11.8. The van der Waals surface area contributed by atoms with Gasteiger partial charge in [0.2, 0.25) is 5.91 Å². The van der Waals surface area contributed by atoms with Crippen molar-refractivity contribution in [3.05, 3.63) is 35.9 Å². The van der Waals surface area contributed by atoms with Crippen molar-refractivity contribution >= 4 is 5.91 Å². The van der Waals surface area contributed by atoms with Crippen molar-refractivity contribution in [2.75, 3.05) is 26.2 Å². The molecule has 0 unspecified atom stereocenters. The third-order valence-electron chi connectivity index (χ3n) is 3.92. The molecular formula is C16H22N2O2. The number of carbonyl (C=O) groups excluding carboxylic acids is 1. The Morgan fingerprint density at radius 1 is 1.30 bits per heavy atom. The lowest BCUT2D eigenvalue weighted by Crippen LogP contribution is -2.40. The molecular weight excluding hydrogens is 252 g/mol. The molecule has 1 amide bonds. The number of ether oxygens (including phenoxy) is 1. The van der Waals surface area contributed by atoms with Crippen molar-refractivity contribution < 1.29 is 9.53 Å². The fourth-order valence-corrected chi connectivity index (χ4v) is 2.56. The van der Waals surface area contributed by atoms with E-state index in [2.05, 4.69) is 22.3 Å². The average Bonchev–Trinajstić information content (AvgIpc) is 3.30. The fraction of sp³-hybridized carbons (Fsp3) is 0.562. The summed E-state index contributed by atoms with van der Waals surface area (Å²) in [6.07, 6.45) is 3.04. The van der Waals surface area contributed by atoms with Crippen molar-refractivity contribution in [3.8, 4) is 0 Å². The minimum absolute atomic E-state index is 0.136. The van der Waals surface area contributed by atoms with Gasteiger partial charge in [0.25, 0.3) is 0 Å². The maximum atomic E-state index is 11.7. The van der Waals surface area contributed by atoms with Crippen LogP contribution >= 0.6 is 0 Å². The number of rotatable bonds is 5. The standard InChI is InChI=1S/C16H22N2O2/c19-16(17-14-6-7-14)8-9-18-10-11-20-15(12-18)13-4-2-1-3-5-13/h1-5,14-15H,6-12H2,(H,17,19)/t15-/m0/s1. The highest BCUT2D eigenvalue weighted by molar-refractivity contribution is 5.76. The fourth-order valence-electron chi connectivity index (χ4n) is 2.56. The molecule has 1 atom stereocenters. The normalized spacial score (nSPS) is 23.5. The Morgan fingerprint density at radius 3 is 2.85 bits per heavy atom. The summed E-state index contributed by atoms with van der Waals surface area (Å²) in [6.45, 7) is 3.36. The molecule has 2 aliphatic rings. The molecule has 1 aromatic rings. The molecule has 2 fully saturated rings. The van der Waals surface area contributed by atoms with Gasteiger partial charge < -0.3 is 10.1 Å². The van der Waals surface area contributed by atoms with Crippen LogP contribution in [0.5, 0.6) is 0 Å². The smallest absolute Gasteiger partial charge is 0.221 e. The van der Waals surface area contributed by atoms with E-state index in [9.17, 15) is 4.79 Å². The first kappa shape index (κ1) is 13.6. The van der Waals surface area contributed by atoms with Crippen LogP contribution in [-0.2, 0) is 9.53 Å². The average molecular weight is 274 g/mol. The maximum absolute atomic E-state index is 11.7. The lowest BCUT2D eigenvalue weighted by molar-refractivity contribution is -0.122. The van der Waals surface area contributed by atoms with Crippen LogP contribution in [0.15, 0.2) is 30.3 Å². The van der Waals surface area contributed by atoms with Crippen LogP contribution in [0.25, 0.3) is 0 Å². The molecule has 0 radical (unpaired) electrons. The summed E-state index contributed by atoms with van der Waals surface area (Å²) in [5, 5.41) is 3.04. The van der Waals surface area contributed by atoms with Crippen LogP contribution in [0, 0.1) is 0 Å². The van der Waals surface area contributed by atoms with E-state index >= 15 is 0 Å². The van der Waals surface area contributed by atoms with Gasteiger partial charge in [-0.25, -0.2) is 0 Å². The summed E-state index contributed by atoms with van der Waals surface area (Å²) in [6, 6.07) is 10.8. The second-order valence-electron chi connectivity index (χ2n) is 5.66. The zero-order valence-electron chi connectivity index (χ0n) is 11.8. The van der Waals surface area contributed by atoms with Gasteiger partial charge in [-0.05, 0) is 18.4 Å². The van der Waals surface area contributed by atoms with Crippen molar-refractivity contribution in [1.29, 1.82) is 0 Å². The Bertz CT molecular complexity index is 445. The van der Waals surface area contributed by atoms with Crippen molar-refractivity contribution in [3.63, 3.8) is 0 Å². The summed E-state index contributed by atoms with van der Waals surface area (Å²) < 4.78 is 5.83. The Labute approximate surface area is 120 Å². The molecule has 1 heterocycles. The number of morpholine rings is 1. The Balaban J connectivity index is 1.46. The highest BCUT2D eigenvalue weighted by Crippen LogP contribution is 2.22. The molecule has 108 valence electrons. The summed E-state index contributed by atoms with van der Waals surface area (Å²) in [4.78, 5) is 14.0. The van der Waals surface area contributed by atoms with E-state index in [1.807, 2.05) is 18.2 Å². The molecule has 1 aliphatic carbocycles. The van der Waals surface area contributed by atoms with E-state index in [0.717, 1.165) is 39.1 Å². The topological polar surface area (TPSA) is 41.6 Å². The highest BCUT2D eigenvalue weighted by atomic mass is 16.5. The van der Waals surface area contributed by atoms with Crippen molar-refractivity contribution in [2.24, 2.45) is 0 Å². The van der Waals surface area contributed by atoms with Crippen LogP contribution < -0.4 is 5.32 Å². The molecule has 3 rings (SSSR count). The van der Waals surface area contributed by atoms with Crippen LogP contribution in [0.3, 0.4) is 0 Å². The van der Waals surface area contributed by atoms with Crippen molar-refractivity contribution in [1.82, 2.24) is 10.2 Å². The molecule has 4 heteroatoms. The van der Waals surface area contributed by atoms with Gasteiger partial charge in [0.1, 0.15) is 0 Å². The van der Waals surface area contributed by atoms with Gasteiger partial charge in [-0.15, -0.1) is 0 Å². The van der Waals surface area contributed by atoms with Crippen LogP contribution in [0.2, 0.25) is 0 Å². The van der Waals surface area contributed by atoms with Gasteiger partial charge in [0, 0.05) is 32.1 Å². The maximum Gasteiger partial charge on any atom is 0.221 e. The van der Waals surface area contributed by atoms with Gasteiger partial charge in [-0.3, -0.25) is 9.69 Å². The Hall–Kier alpha value is -1.39. The predicted octanol–water partition coefficient (Wildman–Crippen LogP) is 1.73. The Morgan fingerprint density at radius 2 is 2.10 bits per heavy atom. The minimum atomic E-state index is 0.136. The summed E-state index contributed by atoms with van der Waals surface area (Å²) in [7, 11) is 0. The van der Waals surface area contributed by atoms with E-state index in [-0.39, 0.29) is 12.0 Å². The van der Waals surface area contributed by atoms with E-state index in [1.165, 1.54) is 5.56 Å². The molecule has 1 aromatic carbocycles. The number of nitrogens with zero attached hydrogens (tertiary/aromatic N) is 1. The summed E-state index contributed by atoms with van der Waals surface area (Å²) >= 11 is 0. The van der Waals surface area contributed by atoms with E-state index in [0.29, 0.717) is 12.5 Å². The van der Waals surface area contributed by atoms with Gasteiger partial charge in [-0.2, -0.15) is 0 Å². The molecule has 1 aliphatic heterocycles. The first-order valence-electron chi connectivity index (χ1n) is 7.49. The van der Waals surface area contributed by atoms with Gasteiger partial charge in [-0.1, -0.05) is 30.3 Å². The molecule has 0 aromatic heterocycles. The molecule has 0 bridgehead atoms. The van der Waals surface area contributed by atoms with Crippen LogP contribution in [-0.4, -0.2) is 43.1 Å². The zero-order chi connectivity index (χ0) is 13.8. The molecule has 4 nitrogen and oxygen atoms in total. The molecule has 0 spiro atoms. The molecule has 20 heavy (non-hydrogen) atoms. The monoisotopic (exact) mass is 274 g/mol. The van der Waals surface area contributed by atoms with E-state index < -0.39 is 0 Å². The molecule has 1 N–H and O–H groups in total. The van der Waals surface area contributed by atoms with E-state index in [4.69, 9.17) is 4.74 Å². The lowest BCUT2D eigenvalue weighted by atomic mass is 10.1. The second kappa shape index (κ2) is 6.37. The highest BCUT2D eigenvalue weighted by Gasteiger charge is 2.25. The summed E-state index contributed by atoms with van der Waals surface area (Å²) in [5.41, 5.74) is 1.22. The van der Waals surface area contributed by atoms with Crippen molar-refractivity contribution in [2.45, 2.75) is 31.4 Å². The number of hydrogen-bond donors (Lipinski definition) is 1. The molecule has 1 saturated heterocycles. The Kier molecular flexibility index (Phi) is 4.33.